The first-order valence-corrected chi connectivity index (χ1v) is 13.8. The van der Waals surface area contributed by atoms with Crippen LogP contribution >= 0.6 is 0 Å². The van der Waals surface area contributed by atoms with Gasteiger partial charge >= 0.3 is 11.8 Å². The van der Waals surface area contributed by atoms with Gasteiger partial charge in [-0.25, -0.2) is 0 Å². The Morgan fingerprint density at radius 2 is 1.70 bits per heavy atom. The molecule has 0 saturated heterocycles. The molecule has 3 saturated carbocycles. The second-order valence-corrected chi connectivity index (χ2v) is 13.2. The summed E-state index contributed by atoms with van der Waals surface area (Å²) < 4.78 is 0. The molecule has 6 heteroatoms. The van der Waals surface area contributed by atoms with Crippen LogP contribution < -0.4 is 5.73 Å². The lowest BCUT2D eigenvalue weighted by Crippen LogP contribution is -2.55. The fourth-order valence-electron chi connectivity index (χ4n) is 8.30. The molecule has 3 fully saturated rings. The fourth-order valence-corrected chi connectivity index (χ4v) is 8.30. The Labute approximate surface area is 221 Å². The zero-order valence-corrected chi connectivity index (χ0v) is 23.6. The van der Waals surface area contributed by atoms with Crippen molar-refractivity contribution in [3.63, 3.8) is 0 Å². The van der Waals surface area contributed by atoms with E-state index in [1.165, 1.54) is 52.6 Å². The lowest BCUT2D eigenvalue weighted by molar-refractivity contribution is -0.142. The maximum Gasteiger partial charge on any atom is 0.311 e. The Balaban J connectivity index is 0.000000349. The van der Waals surface area contributed by atoms with E-state index in [2.05, 4.69) is 45.6 Å². The molecule has 6 nitrogen and oxygen atoms in total. The third-order valence-corrected chi connectivity index (χ3v) is 10.6. The first kappa shape index (κ1) is 27.4. The predicted octanol–water partition coefficient (Wildman–Crippen LogP) is 5.41. The summed E-state index contributed by atoms with van der Waals surface area (Å²) >= 11 is 0. The van der Waals surface area contributed by atoms with E-state index in [1.54, 1.807) is 11.6 Å². The number of ketones is 1. The molecule has 5 rings (SSSR count). The number of carbonyl (C=O) groups excluding carboxylic acids is 3. The first-order chi connectivity index (χ1) is 17.2. The standard InChI is InChI=1S/C27H36O2.C4H8N2O2/c1-16-8-10-25(3)12-13-27(5)19(21(25)14-16)9-11-26(4)20-15-22(28)24(29)17(2)18(20)6-7-23(26)27;1-6(2)4(8)3(5)7/h6-7,15-16,19,21,29H,8-14H2,1-5H3;1-2H3,(H2,5,7). The van der Waals surface area contributed by atoms with Crippen molar-refractivity contribution in [2.45, 2.75) is 79.6 Å². The Bertz CT molecular complexity index is 1160. The molecule has 6 unspecified atom stereocenters. The van der Waals surface area contributed by atoms with Gasteiger partial charge in [-0.15, -0.1) is 0 Å². The molecule has 0 aromatic rings. The van der Waals surface area contributed by atoms with Gasteiger partial charge in [-0.2, -0.15) is 0 Å². The lowest BCUT2D eigenvalue weighted by Gasteiger charge is -2.64. The minimum Gasteiger partial charge on any atom is -0.504 e. The highest BCUT2D eigenvalue weighted by Gasteiger charge is 2.60. The van der Waals surface area contributed by atoms with Gasteiger partial charge in [0.05, 0.1) is 0 Å². The highest BCUT2D eigenvalue weighted by Crippen LogP contribution is 2.69. The van der Waals surface area contributed by atoms with Crippen molar-refractivity contribution in [1.29, 1.82) is 0 Å². The fraction of sp³-hybridized carbons (Fsp3) is 0.645. The van der Waals surface area contributed by atoms with Crippen LogP contribution in [-0.2, 0) is 14.4 Å². The molecule has 0 aromatic carbocycles. The summed E-state index contributed by atoms with van der Waals surface area (Å²) in [6.45, 7) is 11.8. The number of hydrogen-bond acceptors (Lipinski definition) is 4. The van der Waals surface area contributed by atoms with Gasteiger partial charge in [-0.05, 0) is 91.3 Å². The molecule has 0 bridgehead atoms. The molecular weight excluding hydrogens is 464 g/mol. The van der Waals surface area contributed by atoms with Crippen LogP contribution in [0.25, 0.3) is 0 Å². The number of carbonyl (C=O) groups is 3. The van der Waals surface area contributed by atoms with Crippen LogP contribution in [0.15, 0.2) is 46.3 Å². The second-order valence-electron chi connectivity index (χ2n) is 13.2. The molecule has 3 N–H and O–H groups in total. The number of likely N-dealkylation sites (N-methyl/N-ethyl adjacent to an activating group) is 1. The van der Waals surface area contributed by atoms with Crippen molar-refractivity contribution in [1.82, 2.24) is 4.90 Å². The quantitative estimate of drug-likeness (QED) is 0.427. The Kier molecular flexibility index (Phi) is 6.88. The molecule has 0 spiro atoms. The number of hydrogen-bond donors (Lipinski definition) is 2. The largest absolute Gasteiger partial charge is 0.504 e. The summed E-state index contributed by atoms with van der Waals surface area (Å²) in [6.07, 6.45) is 15.5. The highest BCUT2D eigenvalue weighted by atomic mass is 16.3. The number of amides is 2. The van der Waals surface area contributed by atoms with Crippen molar-refractivity contribution in [2.75, 3.05) is 14.1 Å². The van der Waals surface area contributed by atoms with Gasteiger partial charge in [0.15, 0.2) is 5.76 Å². The summed E-state index contributed by atoms with van der Waals surface area (Å²) in [5, 5.41) is 10.2. The number of allylic oxidation sites excluding steroid dienone is 7. The van der Waals surface area contributed by atoms with Crippen molar-refractivity contribution >= 4 is 17.6 Å². The van der Waals surface area contributed by atoms with Crippen molar-refractivity contribution < 1.29 is 19.5 Å². The van der Waals surface area contributed by atoms with E-state index in [4.69, 9.17) is 0 Å². The van der Waals surface area contributed by atoms with Gasteiger partial charge in [0.2, 0.25) is 5.78 Å². The third kappa shape index (κ3) is 4.30. The molecule has 0 aliphatic heterocycles. The summed E-state index contributed by atoms with van der Waals surface area (Å²) in [5.74, 6) is 0.536. The van der Waals surface area contributed by atoms with E-state index in [0.717, 1.165) is 45.8 Å². The normalized spacial score (nSPS) is 38.3. The van der Waals surface area contributed by atoms with Crippen molar-refractivity contribution in [3.8, 4) is 0 Å². The van der Waals surface area contributed by atoms with Crippen LogP contribution in [0.1, 0.15) is 79.6 Å². The highest BCUT2D eigenvalue weighted by molar-refractivity contribution is 6.34. The number of nitrogens with zero attached hydrogens (tertiary/aromatic N) is 1. The zero-order chi connectivity index (χ0) is 27.5. The monoisotopic (exact) mass is 508 g/mol. The van der Waals surface area contributed by atoms with E-state index in [0.29, 0.717) is 5.41 Å². The van der Waals surface area contributed by atoms with E-state index in [1.807, 2.05) is 6.92 Å². The lowest BCUT2D eigenvalue weighted by atomic mass is 9.40. The smallest absolute Gasteiger partial charge is 0.311 e. The number of nitrogens with two attached hydrogens (primary N) is 1. The topological polar surface area (TPSA) is 101 Å². The van der Waals surface area contributed by atoms with Gasteiger partial charge in [0.25, 0.3) is 0 Å². The summed E-state index contributed by atoms with van der Waals surface area (Å²) in [7, 11) is 2.93. The maximum atomic E-state index is 12.5. The second kappa shape index (κ2) is 9.28. The minimum absolute atomic E-state index is 0.0787. The minimum atomic E-state index is -0.921. The van der Waals surface area contributed by atoms with Crippen molar-refractivity contribution in [2.24, 2.45) is 39.7 Å². The van der Waals surface area contributed by atoms with E-state index >= 15 is 0 Å². The van der Waals surface area contributed by atoms with Gasteiger partial charge in [0, 0.05) is 25.1 Å². The van der Waals surface area contributed by atoms with Gasteiger partial charge in [-0.3, -0.25) is 14.4 Å². The molecule has 202 valence electrons. The maximum absolute atomic E-state index is 12.5. The van der Waals surface area contributed by atoms with E-state index in [-0.39, 0.29) is 22.4 Å². The SMILES string of the molecule is CC1=C(O)C(=O)C=C2C1=CC=C1C2(C)CCC2C3CC(C)CCC3(C)CCC12C.CN(C)C(=O)C(N)=O. The van der Waals surface area contributed by atoms with Crippen LogP contribution in [0.2, 0.25) is 0 Å². The number of rotatable bonds is 0. The Hall–Kier alpha value is -2.63. The molecule has 0 radical (unpaired) electrons. The van der Waals surface area contributed by atoms with E-state index < -0.39 is 11.8 Å². The molecule has 0 aromatic heterocycles. The number of primary amides is 1. The average molecular weight is 509 g/mol. The molecule has 5 aliphatic rings. The molecule has 5 aliphatic carbocycles. The number of aliphatic hydroxyl groups excluding tert-OH is 1. The summed E-state index contributed by atoms with van der Waals surface area (Å²) in [5.41, 5.74) is 9.79. The average Bonchev–Trinajstić information content (AvgIpc) is 2.83. The van der Waals surface area contributed by atoms with Crippen molar-refractivity contribution in [3.05, 3.63) is 46.3 Å². The van der Waals surface area contributed by atoms with Gasteiger partial charge in [-0.1, -0.05) is 51.8 Å². The molecule has 6 atom stereocenters. The van der Waals surface area contributed by atoms with Gasteiger partial charge < -0.3 is 15.7 Å². The zero-order valence-electron chi connectivity index (χ0n) is 23.6. The predicted molar refractivity (Wildman–Crippen MR) is 145 cm³/mol. The number of aliphatic hydroxyl groups is 1. The molecule has 2 amide bonds. The molecular formula is C31H44N2O4. The van der Waals surface area contributed by atoms with Crippen LogP contribution in [0.4, 0.5) is 0 Å². The third-order valence-electron chi connectivity index (χ3n) is 10.6. The van der Waals surface area contributed by atoms with Crippen LogP contribution in [0, 0.1) is 34.0 Å². The molecule has 0 heterocycles. The summed E-state index contributed by atoms with van der Waals surface area (Å²) in [4.78, 5) is 33.9. The number of fused-ring (bicyclic) bond motifs is 7. The first-order valence-electron chi connectivity index (χ1n) is 13.8. The Morgan fingerprint density at radius 3 is 2.30 bits per heavy atom. The Morgan fingerprint density at radius 1 is 1.03 bits per heavy atom. The van der Waals surface area contributed by atoms with Crippen LogP contribution in [0.3, 0.4) is 0 Å². The van der Waals surface area contributed by atoms with Crippen LogP contribution in [0.5, 0.6) is 0 Å². The summed E-state index contributed by atoms with van der Waals surface area (Å²) in [6, 6.07) is 0. The molecule has 37 heavy (non-hydrogen) atoms. The van der Waals surface area contributed by atoms with Crippen LogP contribution in [-0.4, -0.2) is 41.7 Å². The van der Waals surface area contributed by atoms with E-state index in [9.17, 15) is 19.5 Å². The van der Waals surface area contributed by atoms with Gasteiger partial charge in [0.1, 0.15) is 0 Å².